The van der Waals surface area contributed by atoms with Crippen molar-refractivity contribution in [1.82, 2.24) is 15.5 Å². The lowest BCUT2D eigenvalue weighted by atomic mass is 10.1. The number of halogens is 3. The predicted molar refractivity (Wildman–Crippen MR) is 71.0 cm³/mol. The van der Waals surface area contributed by atoms with Gasteiger partial charge in [0.05, 0.1) is 6.04 Å². The largest absolute Gasteiger partial charge is 0.338 e. The van der Waals surface area contributed by atoms with Crippen molar-refractivity contribution in [2.24, 2.45) is 0 Å². The summed E-state index contributed by atoms with van der Waals surface area (Å²) in [4.78, 5) is 4.22. The summed E-state index contributed by atoms with van der Waals surface area (Å²) in [7, 11) is 0. The normalized spacial score (nSPS) is 21.7. The summed E-state index contributed by atoms with van der Waals surface area (Å²) in [5.41, 5.74) is 0.773. The quantitative estimate of drug-likeness (QED) is 0.947. The maximum Gasteiger partial charge on any atom is 0.243 e. The number of alkyl halides is 1. The van der Waals surface area contributed by atoms with Gasteiger partial charge in [-0.2, -0.15) is 4.98 Å². The molecule has 1 aliphatic rings. The highest BCUT2D eigenvalue weighted by Crippen LogP contribution is 2.23. The predicted octanol–water partition coefficient (Wildman–Crippen LogP) is 2.59. The van der Waals surface area contributed by atoms with Gasteiger partial charge in [0.2, 0.25) is 5.89 Å². The SMILES string of the molecule is Cl.Fc1cccc(Cc2noc([C@H]3C[C@H](F)CN3)n2)c1. The zero-order chi connectivity index (χ0) is 13.2. The lowest BCUT2D eigenvalue weighted by Crippen LogP contribution is -2.14. The topological polar surface area (TPSA) is 51.0 Å². The number of aromatic nitrogens is 2. The average Bonchev–Trinajstić information content (AvgIpc) is 2.98. The lowest BCUT2D eigenvalue weighted by molar-refractivity contribution is 0.322. The standard InChI is InChI=1S/C13H13F2N3O.ClH/c14-9-3-1-2-8(4-9)5-12-17-13(19-18-12)11-6-10(15)7-16-11;/h1-4,10-11,16H,5-7H2;1H/t10-,11+;/m0./s1. The van der Waals surface area contributed by atoms with E-state index in [1.807, 2.05) is 0 Å². The maximum atomic E-state index is 13.1. The number of hydrogen-bond donors (Lipinski definition) is 1. The number of rotatable bonds is 3. The Balaban J connectivity index is 0.00000147. The summed E-state index contributed by atoms with van der Waals surface area (Å²) < 4.78 is 31.2. The molecule has 0 unspecified atom stereocenters. The van der Waals surface area contributed by atoms with Crippen LogP contribution in [0.3, 0.4) is 0 Å². The molecule has 1 aliphatic heterocycles. The van der Waals surface area contributed by atoms with Gasteiger partial charge in [-0.05, 0) is 17.7 Å². The van der Waals surface area contributed by atoms with Crippen molar-refractivity contribution in [2.45, 2.75) is 25.1 Å². The number of nitrogens with zero attached hydrogens (tertiary/aromatic N) is 2. The Morgan fingerprint density at radius 3 is 2.95 bits per heavy atom. The Bertz CT molecular complexity index is 578. The van der Waals surface area contributed by atoms with Crippen LogP contribution in [0.15, 0.2) is 28.8 Å². The monoisotopic (exact) mass is 301 g/mol. The van der Waals surface area contributed by atoms with Crippen molar-refractivity contribution < 1.29 is 13.3 Å². The minimum absolute atomic E-state index is 0. The Kier molecular flexibility index (Phi) is 4.67. The minimum Gasteiger partial charge on any atom is -0.338 e. The van der Waals surface area contributed by atoms with Crippen LogP contribution in [0.2, 0.25) is 0 Å². The van der Waals surface area contributed by atoms with E-state index in [2.05, 4.69) is 15.5 Å². The first kappa shape index (κ1) is 14.9. The second-order valence-corrected chi connectivity index (χ2v) is 4.65. The fraction of sp³-hybridized carbons (Fsp3) is 0.385. The second kappa shape index (κ2) is 6.28. The van der Waals surface area contributed by atoms with Crippen molar-refractivity contribution in [3.05, 3.63) is 47.4 Å². The highest BCUT2D eigenvalue weighted by atomic mass is 35.5. The molecule has 0 amide bonds. The first-order chi connectivity index (χ1) is 9.20. The van der Waals surface area contributed by atoms with E-state index in [-0.39, 0.29) is 24.3 Å². The fourth-order valence-corrected chi connectivity index (χ4v) is 2.19. The Labute approximate surface area is 121 Å². The van der Waals surface area contributed by atoms with Crippen LogP contribution in [0.25, 0.3) is 0 Å². The van der Waals surface area contributed by atoms with Crippen LogP contribution in [0, 0.1) is 5.82 Å². The van der Waals surface area contributed by atoms with E-state index in [1.54, 1.807) is 12.1 Å². The molecule has 20 heavy (non-hydrogen) atoms. The van der Waals surface area contributed by atoms with Gasteiger partial charge in [-0.15, -0.1) is 12.4 Å². The van der Waals surface area contributed by atoms with E-state index in [1.165, 1.54) is 12.1 Å². The molecule has 3 rings (SSSR count). The lowest BCUT2D eigenvalue weighted by Gasteiger charge is -2.01. The third-order valence-electron chi connectivity index (χ3n) is 3.11. The van der Waals surface area contributed by atoms with Crippen molar-refractivity contribution in [3.8, 4) is 0 Å². The van der Waals surface area contributed by atoms with Crippen LogP contribution in [0.1, 0.15) is 29.7 Å². The third kappa shape index (κ3) is 3.32. The summed E-state index contributed by atoms with van der Waals surface area (Å²) in [6, 6.07) is 6.03. The molecule has 2 atom stereocenters. The van der Waals surface area contributed by atoms with Crippen molar-refractivity contribution >= 4 is 12.4 Å². The summed E-state index contributed by atoms with van der Waals surface area (Å²) in [6.45, 7) is 0.312. The molecule has 1 saturated heterocycles. The highest BCUT2D eigenvalue weighted by Gasteiger charge is 2.29. The van der Waals surface area contributed by atoms with E-state index in [0.29, 0.717) is 31.1 Å². The second-order valence-electron chi connectivity index (χ2n) is 4.65. The average molecular weight is 302 g/mol. The van der Waals surface area contributed by atoms with Crippen molar-refractivity contribution in [3.63, 3.8) is 0 Å². The molecule has 1 aromatic carbocycles. The van der Waals surface area contributed by atoms with Crippen LogP contribution >= 0.6 is 12.4 Å². The minimum atomic E-state index is -0.872. The van der Waals surface area contributed by atoms with Gasteiger partial charge in [0.25, 0.3) is 0 Å². The Morgan fingerprint density at radius 1 is 1.40 bits per heavy atom. The van der Waals surface area contributed by atoms with E-state index >= 15 is 0 Å². The molecule has 0 bridgehead atoms. The van der Waals surface area contributed by atoms with Crippen LogP contribution in [0.4, 0.5) is 8.78 Å². The van der Waals surface area contributed by atoms with Crippen LogP contribution < -0.4 is 5.32 Å². The van der Waals surface area contributed by atoms with Gasteiger partial charge < -0.3 is 9.84 Å². The van der Waals surface area contributed by atoms with Gasteiger partial charge in [0.1, 0.15) is 12.0 Å². The third-order valence-corrected chi connectivity index (χ3v) is 3.11. The summed E-state index contributed by atoms with van der Waals surface area (Å²) in [6.07, 6.45) is -0.127. The first-order valence-electron chi connectivity index (χ1n) is 6.15. The number of benzene rings is 1. The van der Waals surface area contributed by atoms with Gasteiger partial charge in [-0.25, -0.2) is 8.78 Å². The molecule has 4 nitrogen and oxygen atoms in total. The molecule has 2 aromatic rings. The van der Waals surface area contributed by atoms with Gasteiger partial charge in [0, 0.05) is 19.4 Å². The van der Waals surface area contributed by atoms with Crippen LogP contribution in [-0.4, -0.2) is 22.9 Å². The number of nitrogens with one attached hydrogen (secondary N) is 1. The molecular formula is C13H14ClF2N3O. The van der Waals surface area contributed by atoms with Gasteiger partial charge in [-0.1, -0.05) is 17.3 Å². The highest BCUT2D eigenvalue weighted by molar-refractivity contribution is 5.85. The molecule has 1 N–H and O–H groups in total. The zero-order valence-corrected chi connectivity index (χ0v) is 11.4. The van der Waals surface area contributed by atoms with Gasteiger partial charge >= 0.3 is 0 Å². The molecule has 0 spiro atoms. The summed E-state index contributed by atoms with van der Waals surface area (Å²) in [5, 5.41) is 6.82. The molecule has 2 heterocycles. The van der Waals surface area contributed by atoms with Gasteiger partial charge in [0.15, 0.2) is 5.82 Å². The molecular weight excluding hydrogens is 288 g/mol. The van der Waals surface area contributed by atoms with Crippen molar-refractivity contribution in [1.29, 1.82) is 0 Å². The van der Waals surface area contributed by atoms with Crippen molar-refractivity contribution in [2.75, 3.05) is 6.54 Å². The molecule has 0 radical (unpaired) electrons. The maximum absolute atomic E-state index is 13.1. The Morgan fingerprint density at radius 2 is 2.25 bits per heavy atom. The van der Waals surface area contributed by atoms with Crippen LogP contribution in [-0.2, 0) is 6.42 Å². The molecule has 1 fully saturated rings. The molecule has 7 heteroatoms. The first-order valence-corrected chi connectivity index (χ1v) is 6.15. The van der Waals surface area contributed by atoms with E-state index in [0.717, 1.165) is 5.56 Å². The number of hydrogen-bond acceptors (Lipinski definition) is 4. The smallest absolute Gasteiger partial charge is 0.243 e. The molecule has 108 valence electrons. The summed E-state index contributed by atoms with van der Waals surface area (Å²) >= 11 is 0. The van der Waals surface area contributed by atoms with E-state index < -0.39 is 6.17 Å². The summed E-state index contributed by atoms with van der Waals surface area (Å²) in [5.74, 6) is 0.579. The zero-order valence-electron chi connectivity index (χ0n) is 10.6. The van der Waals surface area contributed by atoms with E-state index in [4.69, 9.17) is 4.52 Å². The van der Waals surface area contributed by atoms with Crippen LogP contribution in [0.5, 0.6) is 0 Å². The van der Waals surface area contributed by atoms with Gasteiger partial charge in [-0.3, -0.25) is 0 Å². The molecule has 1 aromatic heterocycles. The van der Waals surface area contributed by atoms with E-state index in [9.17, 15) is 8.78 Å². The molecule has 0 aliphatic carbocycles. The Hall–Kier alpha value is -1.53. The molecule has 0 saturated carbocycles. The fourth-order valence-electron chi connectivity index (χ4n) is 2.19.